The highest BCUT2D eigenvalue weighted by molar-refractivity contribution is 7.89. The van der Waals surface area contributed by atoms with Gasteiger partial charge in [-0.2, -0.15) is 4.31 Å². The van der Waals surface area contributed by atoms with E-state index < -0.39 is 10.0 Å². The largest absolute Gasteiger partial charge is 0.315 e. The summed E-state index contributed by atoms with van der Waals surface area (Å²) in [7, 11) is -3.22. The molecule has 0 spiro atoms. The third kappa shape index (κ3) is 3.21. The topological polar surface area (TPSA) is 49.4 Å². The molecule has 1 N–H and O–H groups in total. The Bertz CT molecular complexity index is 339. The smallest absolute Gasteiger partial charge is 0.219 e. The van der Waals surface area contributed by atoms with E-state index in [1.165, 1.54) is 4.31 Å². The van der Waals surface area contributed by atoms with Gasteiger partial charge in [0.05, 0.1) is 11.8 Å². The molecular formula is C11H20N2O2S. The summed E-state index contributed by atoms with van der Waals surface area (Å²) in [5.41, 5.74) is 0. The Morgan fingerprint density at radius 1 is 1.56 bits per heavy atom. The maximum Gasteiger partial charge on any atom is 0.219 e. The van der Waals surface area contributed by atoms with E-state index in [0.717, 1.165) is 25.8 Å². The summed E-state index contributed by atoms with van der Waals surface area (Å²) in [4.78, 5) is 0. The molecule has 1 fully saturated rings. The molecule has 0 aromatic carbocycles. The van der Waals surface area contributed by atoms with Crippen molar-refractivity contribution in [3.05, 3.63) is 0 Å². The van der Waals surface area contributed by atoms with Gasteiger partial charge in [0.25, 0.3) is 0 Å². The van der Waals surface area contributed by atoms with Gasteiger partial charge in [-0.05, 0) is 25.8 Å². The lowest BCUT2D eigenvalue weighted by molar-refractivity contribution is 0.416. The number of hydrogen-bond donors (Lipinski definition) is 1. The van der Waals surface area contributed by atoms with Crippen LogP contribution in [0.3, 0.4) is 0 Å². The molecule has 92 valence electrons. The zero-order valence-corrected chi connectivity index (χ0v) is 10.6. The quantitative estimate of drug-likeness (QED) is 0.713. The number of hydrogen-bond acceptors (Lipinski definition) is 3. The first-order chi connectivity index (χ1) is 7.62. The predicted octanol–water partition coefficient (Wildman–Crippen LogP) is 0.413. The first-order valence-corrected chi connectivity index (χ1v) is 7.26. The fourth-order valence-corrected chi connectivity index (χ4v) is 3.84. The lowest BCUT2D eigenvalue weighted by Crippen LogP contribution is -2.46. The third-order valence-corrected chi connectivity index (χ3v) is 5.05. The Kier molecular flexibility index (Phi) is 5.26. The van der Waals surface area contributed by atoms with Crippen LogP contribution >= 0.6 is 0 Å². The summed E-state index contributed by atoms with van der Waals surface area (Å²) in [6.07, 6.45) is 7.66. The summed E-state index contributed by atoms with van der Waals surface area (Å²) < 4.78 is 25.9. The van der Waals surface area contributed by atoms with Gasteiger partial charge in [-0.3, -0.25) is 0 Å². The molecule has 0 saturated carbocycles. The fraction of sp³-hybridized carbons (Fsp3) is 0.818. The third-order valence-electron chi connectivity index (χ3n) is 2.77. The lowest BCUT2D eigenvalue weighted by atomic mass is 10.2. The molecule has 0 amide bonds. The Hall–Kier alpha value is -0.570. The summed E-state index contributed by atoms with van der Waals surface area (Å²) in [5.74, 6) is 2.42. The first kappa shape index (κ1) is 13.5. The predicted molar refractivity (Wildman–Crippen MR) is 65.5 cm³/mol. The van der Waals surface area contributed by atoms with Crippen molar-refractivity contribution in [3.8, 4) is 12.3 Å². The molecule has 0 bridgehead atoms. The van der Waals surface area contributed by atoms with Gasteiger partial charge in [-0.1, -0.05) is 12.8 Å². The van der Waals surface area contributed by atoms with Gasteiger partial charge in [0, 0.05) is 13.1 Å². The standard InChI is InChI=1S/C11H20N2O2S/c1-3-8-13(9-4-2)16(14,15)11-6-5-7-12-10-11/h1,11-12H,4-10H2,2H3. The van der Waals surface area contributed by atoms with Crippen LogP contribution in [0.1, 0.15) is 26.2 Å². The average molecular weight is 244 g/mol. The summed E-state index contributed by atoms with van der Waals surface area (Å²) in [6, 6.07) is 0. The molecule has 1 unspecified atom stereocenters. The number of sulfonamides is 1. The second-order valence-corrected chi connectivity index (χ2v) is 6.26. The SMILES string of the molecule is C#CCN(CCC)S(=O)(=O)C1CCCNC1. The Labute approximate surface area is 98.5 Å². The fourth-order valence-electron chi connectivity index (χ4n) is 1.93. The molecule has 5 heteroatoms. The van der Waals surface area contributed by atoms with Crippen molar-refractivity contribution >= 4 is 10.0 Å². The van der Waals surface area contributed by atoms with Crippen LogP contribution in [0.5, 0.6) is 0 Å². The van der Waals surface area contributed by atoms with Crippen molar-refractivity contribution in [2.75, 3.05) is 26.2 Å². The van der Waals surface area contributed by atoms with Gasteiger partial charge < -0.3 is 5.32 Å². The van der Waals surface area contributed by atoms with E-state index in [0.29, 0.717) is 13.1 Å². The van der Waals surface area contributed by atoms with Crippen LogP contribution < -0.4 is 5.32 Å². The number of nitrogens with zero attached hydrogens (tertiary/aromatic N) is 1. The summed E-state index contributed by atoms with van der Waals surface area (Å²) in [6.45, 7) is 4.12. The van der Waals surface area contributed by atoms with Crippen LogP contribution in [0.2, 0.25) is 0 Å². The maximum absolute atomic E-state index is 12.3. The van der Waals surface area contributed by atoms with Crippen LogP contribution in [-0.4, -0.2) is 44.2 Å². The van der Waals surface area contributed by atoms with Crippen molar-refractivity contribution in [2.45, 2.75) is 31.4 Å². The molecule has 1 aliphatic rings. The van der Waals surface area contributed by atoms with E-state index in [1.807, 2.05) is 6.92 Å². The molecule has 4 nitrogen and oxygen atoms in total. The van der Waals surface area contributed by atoms with Crippen LogP contribution in [-0.2, 0) is 10.0 Å². The highest BCUT2D eigenvalue weighted by Crippen LogP contribution is 2.16. The molecule has 0 aromatic rings. The van der Waals surface area contributed by atoms with Gasteiger partial charge in [-0.15, -0.1) is 6.42 Å². The Balaban J connectivity index is 2.75. The molecule has 1 atom stereocenters. The van der Waals surface area contributed by atoms with Crippen molar-refractivity contribution in [2.24, 2.45) is 0 Å². The molecule has 1 heterocycles. The highest BCUT2D eigenvalue weighted by atomic mass is 32.2. The molecular weight excluding hydrogens is 224 g/mol. The van der Waals surface area contributed by atoms with E-state index in [1.54, 1.807) is 0 Å². The minimum Gasteiger partial charge on any atom is -0.315 e. The zero-order valence-electron chi connectivity index (χ0n) is 9.78. The Morgan fingerprint density at radius 3 is 2.81 bits per heavy atom. The molecule has 0 aliphatic carbocycles. The molecule has 1 rings (SSSR count). The monoisotopic (exact) mass is 244 g/mol. The van der Waals surface area contributed by atoms with Crippen LogP contribution in [0, 0.1) is 12.3 Å². The highest BCUT2D eigenvalue weighted by Gasteiger charge is 2.31. The number of terminal acetylenes is 1. The van der Waals surface area contributed by atoms with Gasteiger partial charge in [0.15, 0.2) is 0 Å². The molecule has 1 aliphatic heterocycles. The van der Waals surface area contributed by atoms with Crippen molar-refractivity contribution in [1.82, 2.24) is 9.62 Å². The second-order valence-electron chi connectivity index (χ2n) is 4.05. The van der Waals surface area contributed by atoms with Crippen molar-refractivity contribution < 1.29 is 8.42 Å². The molecule has 0 radical (unpaired) electrons. The van der Waals surface area contributed by atoms with Gasteiger partial charge in [0.2, 0.25) is 10.0 Å². The van der Waals surface area contributed by atoms with Crippen molar-refractivity contribution in [3.63, 3.8) is 0 Å². The maximum atomic E-state index is 12.3. The molecule has 16 heavy (non-hydrogen) atoms. The Morgan fingerprint density at radius 2 is 2.31 bits per heavy atom. The van der Waals surface area contributed by atoms with E-state index in [-0.39, 0.29) is 11.8 Å². The van der Waals surface area contributed by atoms with Gasteiger partial charge in [-0.25, -0.2) is 8.42 Å². The van der Waals surface area contributed by atoms with E-state index in [4.69, 9.17) is 6.42 Å². The van der Waals surface area contributed by atoms with Gasteiger partial charge in [0.1, 0.15) is 0 Å². The number of nitrogens with one attached hydrogen (secondary N) is 1. The van der Waals surface area contributed by atoms with Crippen LogP contribution in [0.15, 0.2) is 0 Å². The van der Waals surface area contributed by atoms with E-state index >= 15 is 0 Å². The first-order valence-electron chi connectivity index (χ1n) is 5.76. The van der Waals surface area contributed by atoms with E-state index in [9.17, 15) is 8.42 Å². The van der Waals surface area contributed by atoms with Crippen LogP contribution in [0.4, 0.5) is 0 Å². The summed E-state index contributed by atoms with van der Waals surface area (Å²) >= 11 is 0. The normalized spacial score (nSPS) is 21.9. The minimum absolute atomic E-state index is 0.187. The van der Waals surface area contributed by atoms with Crippen LogP contribution in [0.25, 0.3) is 0 Å². The van der Waals surface area contributed by atoms with Crippen molar-refractivity contribution in [1.29, 1.82) is 0 Å². The lowest BCUT2D eigenvalue weighted by Gasteiger charge is -2.28. The number of rotatable bonds is 5. The summed E-state index contributed by atoms with van der Waals surface area (Å²) in [5, 5.41) is 2.82. The second kappa shape index (κ2) is 6.24. The zero-order chi connectivity index (χ0) is 12.0. The average Bonchev–Trinajstić information content (AvgIpc) is 2.30. The molecule has 0 aromatic heterocycles. The van der Waals surface area contributed by atoms with Gasteiger partial charge >= 0.3 is 0 Å². The number of piperidine rings is 1. The minimum atomic E-state index is -3.22. The molecule has 1 saturated heterocycles. The van der Waals surface area contributed by atoms with E-state index in [2.05, 4.69) is 11.2 Å².